The van der Waals surface area contributed by atoms with E-state index in [-0.39, 0.29) is 24.2 Å². The quantitative estimate of drug-likeness (QED) is 0.468. The van der Waals surface area contributed by atoms with Crippen LogP contribution in [0.1, 0.15) is 43.4 Å². The number of nitrogens with zero attached hydrogens (tertiary/aromatic N) is 2. The van der Waals surface area contributed by atoms with Gasteiger partial charge in [-0.2, -0.15) is 0 Å². The van der Waals surface area contributed by atoms with Crippen molar-refractivity contribution in [3.05, 3.63) is 52.3 Å². The number of ether oxygens (including phenoxy) is 1. The molecule has 1 aliphatic carbocycles. The minimum absolute atomic E-state index is 0.0793. The highest BCUT2D eigenvalue weighted by molar-refractivity contribution is 6.30. The first-order valence-corrected chi connectivity index (χ1v) is 10.5. The lowest BCUT2D eigenvalue weighted by Crippen LogP contribution is -2.31. The average molecular weight is 415 g/mol. The highest BCUT2D eigenvalue weighted by Crippen LogP contribution is 2.33. The smallest absolute Gasteiger partial charge is 0.310 e. The summed E-state index contributed by atoms with van der Waals surface area (Å²) in [6, 6.07) is 8.08. The van der Waals surface area contributed by atoms with Crippen LogP contribution < -0.4 is 0 Å². The molecule has 2 aromatic rings. The Hall–Kier alpha value is -2.40. The second-order valence-electron chi connectivity index (χ2n) is 7.44. The molecule has 1 heterocycles. The highest BCUT2D eigenvalue weighted by Gasteiger charge is 2.33. The van der Waals surface area contributed by atoms with E-state index in [0.29, 0.717) is 30.4 Å². The molecule has 154 valence electrons. The number of carbonyl (C=O) groups is 2. The molecule has 0 radical (unpaired) electrons. The van der Waals surface area contributed by atoms with Gasteiger partial charge in [-0.15, -0.1) is 0 Å². The van der Waals surface area contributed by atoms with Gasteiger partial charge in [0.15, 0.2) is 0 Å². The van der Waals surface area contributed by atoms with Crippen LogP contribution in [0.5, 0.6) is 0 Å². The summed E-state index contributed by atoms with van der Waals surface area (Å²) in [5.74, 6) is 0.0958. The Kier molecular flexibility index (Phi) is 6.91. The van der Waals surface area contributed by atoms with E-state index in [1.807, 2.05) is 36.9 Å². The van der Waals surface area contributed by atoms with Crippen molar-refractivity contribution in [1.29, 1.82) is 0 Å². The molecular weight excluding hydrogens is 388 g/mol. The normalized spacial score (nSPS) is 13.2. The number of halogens is 1. The largest absolute Gasteiger partial charge is 0.466 e. The first-order valence-electron chi connectivity index (χ1n) is 10.1. The van der Waals surface area contributed by atoms with Crippen LogP contribution in [-0.2, 0) is 27.3 Å². The van der Waals surface area contributed by atoms with Crippen LogP contribution in [-0.4, -0.2) is 34.9 Å². The van der Waals surface area contributed by atoms with E-state index < -0.39 is 0 Å². The van der Waals surface area contributed by atoms with E-state index in [2.05, 4.69) is 11.1 Å². The lowest BCUT2D eigenvalue weighted by atomic mass is 9.97. The Bertz CT molecular complexity index is 909. The Labute approximate surface area is 177 Å². The maximum absolute atomic E-state index is 12.6. The van der Waals surface area contributed by atoms with Gasteiger partial charge in [0, 0.05) is 36.3 Å². The van der Waals surface area contributed by atoms with Gasteiger partial charge in [0.2, 0.25) is 5.91 Å². The zero-order valence-electron chi connectivity index (χ0n) is 17.2. The van der Waals surface area contributed by atoms with E-state index in [0.717, 1.165) is 35.1 Å². The van der Waals surface area contributed by atoms with Gasteiger partial charge in [-0.3, -0.25) is 9.59 Å². The molecule has 0 saturated heterocycles. The van der Waals surface area contributed by atoms with Crippen molar-refractivity contribution in [2.24, 2.45) is 5.92 Å². The van der Waals surface area contributed by atoms with Crippen LogP contribution in [0.15, 0.2) is 30.5 Å². The molecule has 1 aromatic heterocycles. The van der Waals surface area contributed by atoms with E-state index in [9.17, 15) is 9.59 Å². The molecule has 3 rings (SSSR count). The molecule has 0 N–H and O–H groups in total. The SMILES string of the molecule is CCOC(=O)Cc1cc(-c2ccc(C)cc2CN(CC)C(=O)C2CC2)cnc1Cl. The summed E-state index contributed by atoms with van der Waals surface area (Å²) in [5, 5.41) is 0.301. The minimum atomic E-state index is -0.329. The van der Waals surface area contributed by atoms with Crippen molar-refractivity contribution in [3.63, 3.8) is 0 Å². The third-order valence-electron chi connectivity index (χ3n) is 5.10. The number of amides is 1. The standard InChI is InChI=1S/C23H27ClN2O3/c1-4-26(23(28)16-7-8-16)14-19-10-15(3)6-9-20(19)18-11-17(22(24)25-13-18)12-21(27)29-5-2/h6,9-11,13,16H,4-5,7-8,12,14H2,1-3H3. The van der Waals surface area contributed by atoms with Crippen molar-refractivity contribution in [1.82, 2.24) is 9.88 Å². The van der Waals surface area contributed by atoms with Crippen molar-refractivity contribution >= 4 is 23.5 Å². The average Bonchev–Trinajstić information content (AvgIpc) is 3.53. The van der Waals surface area contributed by atoms with Gasteiger partial charge in [0.05, 0.1) is 13.0 Å². The molecule has 5 nitrogen and oxygen atoms in total. The molecule has 1 fully saturated rings. The van der Waals surface area contributed by atoms with Crippen molar-refractivity contribution in [3.8, 4) is 11.1 Å². The number of carbonyl (C=O) groups excluding carboxylic acids is 2. The zero-order valence-corrected chi connectivity index (χ0v) is 18.0. The summed E-state index contributed by atoms with van der Waals surface area (Å²) in [6.45, 7) is 7.38. The molecular formula is C23H27ClN2O3. The molecule has 0 aliphatic heterocycles. The maximum Gasteiger partial charge on any atom is 0.310 e. The Morgan fingerprint density at radius 2 is 1.97 bits per heavy atom. The number of hydrogen-bond donors (Lipinski definition) is 0. The van der Waals surface area contributed by atoms with Gasteiger partial charge in [-0.1, -0.05) is 35.4 Å². The number of benzene rings is 1. The fraction of sp³-hybridized carbons (Fsp3) is 0.435. The zero-order chi connectivity index (χ0) is 21.0. The molecule has 1 saturated carbocycles. The monoisotopic (exact) mass is 414 g/mol. The number of esters is 1. The molecule has 0 unspecified atom stereocenters. The van der Waals surface area contributed by atoms with E-state index in [4.69, 9.17) is 16.3 Å². The van der Waals surface area contributed by atoms with E-state index in [1.165, 1.54) is 0 Å². The van der Waals surface area contributed by atoms with Crippen LogP contribution in [0.2, 0.25) is 5.15 Å². The predicted molar refractivity (Wildman–Crippen MR) is 114 cm³/mol. The molecule has 0 bridgehead atoms. The lowest BCUT2D eigenvalue weighted by molar-refractivity contribution is -0.142. The highest BCUT2D eigenvalue weighted by atomic mass is 35.5. The number of hydrogen-bond acceptors (Lipinski definition) is 4. The third kappa shape index (κ3) is 5.36. The van der Waals surface area contributed by atoms with Crippen LogP contribution in [0.25, 0.3) is 11.1 Å². The fourth-order valence-corrected chi connectivity index (χ4v) is 3.58. The van der Waals surface area contributed by atoms with Gasteiger partial charge < -0.3 is 9.64 Å². The molecule has 1 aromatic carbocycles. The van der Waals surface area contributed by atoms with E-state index >= 15 is 0 Å². The summed E-state index contributed by atoms with van der Waals surface area (Å²) in [5.41, 5.74) is 4.69. The number of aryl methyl sites for hydroxylation is 1. The number of rotatable bonds is 8. The Morgan fingerprint density at radius 3 is 2.62 bits per heavy atom. The van der Waals surface area contributed by atoms with Crippen molar-refractivity contribution in [2.45, 2.75) is 46.6 Å². The molecule has 29 heavy (non-hydrogen) atoms. The van der Waals surface area contributed by atoms with Crippen molar-refractivity contribution < 1.29 is 14.3 Å². The van der Waals surface area contributed by atoms with Gasteiger partial charge >= 0.3 is 5.97 Å². The molecule has 1 amide bonds. The third-order valence-corrected chi connectivity index (χ3v) is 5.45. The van der Waals surface area contributed by atoms with Crippen LogP contribution in [0.3, 0.4) is 0 Å². The van der Waals surface area contributed by atoms with Crippen LogP contribution >= 0.6 is 11.6 Å². The minimum Gasteiger partial charge on any atom is -0.466 e. The van der Waals surface area contributed by atoms with Gasteiger partial charge in [-0.05, 0) is 50.8 Å². The van der Waals surface area contributed by atoms with Crippen LogP contribution in [0.4, 0.5) is 0 Å². The molecule has 6 heteroatoms. The first kappa shape index (κ1) is 21.3. The summed E-state index contributed by atoms with van der Waals surface area (Å²) in [4.78, 5) is 30.7. The fourth-order valence-electron chi connectivity index (χ4n) is 3.41. The van der Waals surface area contributed by atoms with E-state index in [1.54, 1.807) is 13.1 Å². The summed E-state index contributed by atoms with van der Waals surface area (Å²) in [6.07, 6.45) is 3.78. The number of pyridine rings is 1. The second-order valence-corrected chi connectivity index (χ2v) is 7.80. The molecule has 0 atom stereocenters. The Morgan fingerprint density at radius 1 is 1.21 bits per heavy atom. The number of aromatic nitrogens is 1. The summed E-state index contributed by atoms with van der Waals surface area (Å²) < 4.78 is 5.04. The lowest BCUT2D eigenvalue weighted by Gasteiger charge is -2.23. The topological polar surface area (TPSA) is 59.5 Å². The summed E-state index contributed by atoms with van der Waals surface area (Å²) in [7, 11) is 0. The predicted octanol–water partition coefficient (Wildman–Crippen LogP) is 4.57. The Balaban J connectivity index is 1.92. The molecule has 1 aliphatic rings. The maximum atomic E-state index is 12.6. The van der Waals surface area contributed by atoms with Gasteiger partial charge in [0.1, 0.15) is 5.15 Å². The second kappa shape index (κ2) is 9.40. The van der Waals surface area contributed by atoms with Gasteiger partial charge in [0.25, 0.3) is 0 Å². The molecule has 0 spiro atoms. The van der Waals surface area contributed by atoms with Crippen molar-refractivity contribution in [2.75, 3.05) is 13.2 Å². The van der Waals surface area contributed by atoms with Gasteiger partial charge in [-0.25, -0.2) is 4.98 Å². The first-order chi connectivity index (χ1) is 13.9. The van der Waals surface area contributed by atoms with Crippen LogP contribution in [0, 0.1) is 12.8 Å². The summed E-state index contributed by atoms with van der Waals surface area (Å²) >= 11 is 6.21.